The molecule has 0 amide bonds. The minimum atomic E-state index is -0.104. The first-order chi connectivity index (χ1) is 4.84. The van der Waals surface area contributed by atoms with E-state index in [0.29, 0.717) is 5.56 Å². The van der Waals surface area contributed by atoms with Gasteiger partial charge in [-0.25, -0.2) is 0 Å². The number of rotatable bonds is 1. The molecule has 0 bridgehead atoms. The first kappa shape index (κ1) is 6.74. The van der Waals surface area contributed by atoms with Crippen molar-refractivity contribution in [1.29, 1.82) is 0 Å². The van der Waals surface area contributed by atoms with Crippen LogP contribution in [0, 0.1) is 0 Å². The Bertz CT molecular complexity index is 288. The minimum absolute atomic E-state index is 0.104. The van der Waals surface area contributed by atoms with Crippen molar-refractivity contribution in [3.05, 3.63) is 34.2 Å². The lowest BCUT2D eigenvalue weighted by Crippen LogP contribution is -2.09. The van der Waals surface area contributed by atoms with E-state index in [9.17, 15) is 4.79 Å². The molecular formula is C7H8N2O. The van der Waals surface area contributed by atoms with E-state index in [1.54, 1.807) is 25.4 Å². The third-order valence-electron chi connectivity index (χ3n) is 1.12. The molecule has 1 heterocycles. The fraction of sp³-hybridized carbons (Fsp3) is 0.143. The first-order valence-electron chi connectivity index (χ1n) is 2.94. The summed E-state index contributed by atoms with van der Waals surface area (Å²) in [6.07, 6.45) is 3.12. The van der Waals surface area contributed by atoms with Crippen LogP contribution in [-0.2, 0) is 0 Å². The van der Waals surface area contributed by atoms with E-state index in [-0.39, 0.29) is 5.56 Å². The molecule has 0 aliphatic heterocycles. The van der Waals surface area contributed by atoms with Crippen molar-refractivity contribution in [2.45, 2.75) is 0 Å². The van der Waals surface area contributed by atoms with Crippen molar-refractivity contribution in [3.8, 4) is 0 Å². The highest BCUT2D eigenvalue weighted by molar-refractivity contribution is 5.78. The van der Waals surface area contributed by atoms with Gasteiger partial charge in [-0.05, 0) is 12.1 Å². The maximum absolute atomic E-state index is 10.9. The van der Waals surface area contributed by atoms with Crippen molar-refractivity contribution in [3.63, 3.8) is 0 Å². The summed E-state index contributed by atoms with van der Waals surface area (Å²) in [6, 6.07) is 3.48. The maximum atomic E-state index is 10.9. The van der Waals surface area contributed by atoms with Crippen molar-refractivity contribution in [1.82, 2.24) is 4.98 Å². The molecule has 52 valence electrons. The van der Waals surface area contributed by atoms with Crippen molar-refractivity contribution in [2.24, 2.45) is 4.99 Å². The summed E-state index contributed by atoms with van der Waals surface area (Å²) in [4.78, 5) is 17.1. The molecule has 0 saturated heterocycles. The van der Waals surface area contributed by atoms with E-state index in [4.69, 9.17) is 0 Å². The summed E-state index contributed by atoms with van der Waals surface area (Å²) in [5.41, 5.74) is 0.484. The van der Waals surface area contributed by atoms with Gasteiger partial charge in [-0.1, -0.05) is 0 Å². The molecule has 0 spiro atoms. The number of pyridine rings is 1. The second-order valence-corrected chi connectivity index (χ2v) is 1.84. The van der Waals surface area contributed by atoms with E-state index in [2.05, 4.69) is 9.98 Å². The van der Waals surface area contributed by atoms with Gasteiger partial charge in [0, 0.05) is 19.5 Å². The molecule has 1 rings (SSSR count). The minimum Gasteiger partial charge on any atom is -0.329 e. The van der Waals surface area contributed by atoms with E-state index in [1.807, 2.05) is 0 Å². The molecule has 0 aliphatic rings. The highest BCUT2D eigenvalue weighted by atomic mass is 16.1. The Morgan fingerprint density at radius 2 is 2.50 bits per heavy atom. The molecule has 3 heteroatoms. The summed E-state index contributed by atoms with van der Waals surface area (Å²) in [7, 11) is 1.63. The molecule has 0 aromatic carbocycles. The number of aromatic amines is 1. The normalized spacial score (nSPS) is 10.5. The number of aromatic nitrogens is 1. The van der Waals surface area contributed by atoms with E-state index in [1.165, 1.54) is 6.21 Å². The second kappa shape index (κ2) is 2.96. The van der Waals surface area contributed by atoms with Crippen molar-refractivity contribution >= 4 is 6.21 Å². The van der Waals surface area contributed by atoms with Crippen LogP contribution in [0.25, 0.3) is 0 Å². The van der Waals surface area contributed by atoms with Gasteiger partial charge in [-0.3, -0.25) is 9.79 Å². The number of aliphatic imine (C=N–C) groups is 1. The topological polar surface area (TPSA) is 45.2 Å². The van der Waals surface area contributed by atoms with Crippen LogP contribution in [0.3, 0.4) is 0 Å². The zero-order valence-corrected chi connectivity index (χ0v) is 5.66. The zero-order valence-electron chi connectivity index (χ0n) is 5.66. The molecule has 0 unspecified atom stereocenters. The second-order valence-electron chi connectivity index (χ2n) is 1.84. The van der Waals surface area contributed by atoms with Gasteiger partial charge in [0.25, 0.3) is 5.56 Å². The number of H-pyrrole nitrogens is 1. The van der Waals surface area contributed by atoms with Gasteiger partial charge in [0.15, 0.2) is 0 Å². The molecule has 0 aliphatic carbocycles. The molecule has 0 fully saturated rings. The average molecular weight is 136 g/mol. The molecule has 0 radical (unpaired) electrons. The summed E-state index contributed by atoms with van der Waals surface area (Å²) < 4.78 is 0. The van der Waals surface area contributed by atoms with Crippen LogP contribution in [0.15, 0.2) is 28.1 Å². The van der Waals surface area contributed by atoms with Gasteiger partial charge < -0.3 is 4.98 Å². The molecular weight excluding hydrogens is 128 g/mol. The number of hydrogen-bond donors (Lipinski definition) is 1. The van der Waals surface area contributed by atoms with Gasteiger partial charge in [-0.15, -0.1) is 0 Å². The number of nitrogens with zero attached hydrogens (tertiary/aromatic N) is 1. The molecule has 3 nitrogen and oxygen atoms in total. The zero-order chi connectivity index (χ0) is 7.40. The van der Waals surface area contributed by atoms with Crippen LogP contribution in [0.4, 0.5) is 0 Å². The van der Waals surface area contributed by atoms with E-state index >= 15 is 0 Å². The predicted octanol–water partition coefficient (Wildman–Crippen LogP) is 0.424. The van der Waals surface area contributed by atoms with Crippen LogP contribution in [0.5, 0.6) is 0 Å². The van der Waals surface area contributed by atoms with Gasteiger partial charge in [0.2, 0.25) is 0 Å². The van der Waals surface area contributed by atoms with E-state index < -0.39 is 0 Å². The largest absolute Gasteiger partial charge is 0.329 e. The molecule has 0 saturated carbocycles. The fourth-order valence-electron chi connectivity index (χ4n) is 0.675. The molecule has 1 aromatic rings. The van der Waals surface area contributed by atoms with E-state index in [0.717, 1.165) is 0 Å². The summed E-state index contributed by atoms with van der Waals surface area (Å²) in [6.45, 7) is 0. The van der Waals surface area contributed by atoms with Crippen LogP contribution < -0.4 is 5.56 Å². The Balaban J connectivity index is 3.16. The summed E-state index contributed by atoms with van der Waals surface area (Å²) >= 11 is 0. The lowest BCUT2D eigenvalue weighted by Gasteiger charge is -1.86. The van der Waals surface area contributed by atoms with Crippen LogP contribution in [0.1, 0.15) is 5.56 Å². The van der Waals surface area contributed by atoms with Gasteiger partial charge in [-0.2, -0.15) is 0 Å². The standard InChI is InChI=1S/C7H8N2O/c1-8-5-6-3-2-4-9-7(6)10/h2-5H,1H3,(H,9,10). The Labute approximate surface area is 58.4 Å². The summed E-state index contributed by atoms with van der Waals surface area (Å²) in [5, 5.41) is 0. The number of hydrogen-bond acceptors (Lipinski definition) is 2. The smallest absolute Gasteiger partial charge is 0.256 e. The average Bonchev–Trinajstić information content (AvgIpc) is 1.94. The molecule has 1 aromatic heterocycles. The Morgan fingerprint density at radius 1 is 1.70 bits per heavy atom. The third-order valence-corrected chi connectivity index (χ3v) is 1.12. The Hall–Kier alpha value is -1.38. The Kier molecular flexibility index (Phi) is 1.99. The van der Waals surface area contributed by atoms with Crippen LogP contribution in [0.2, 0.25) is 0 Å². The van der Waals surface area contributed by atoms with Crippen LogP contribution >= 0.6 is 0 Å². The van der Waals surface area contributed by atoms with Gasteiger partial charge in [0.05, 0.1) is 5.56 Å². The predicted molar refractivity (Wildman–Crippen MR) is 40.6 cm³/mol. The SMILES string of the molecule is CN=Cc1ccc[nH]c1=O. The summed E-state index contributed by atoms with van der Waals surface area (Å²) in [5.74, 6) is 0. The van der Waals surface area contributed by atoms with Gasteiger partial charge >= 0.3 is 0 Å². The maximum Gasteiger partial charge on any atom is 0.256 e. The number of nitrogens with one attached hydrogen (secondary N) is 1. The van der Waals surface area contributed by atoms with Gasteiger partial charge in [0.1, 0.15) is 0 Å². The highest BCUT2D eigenvalue weighted by Crippen LogP contribution is 1.82. The lowest BCUT2D eigenvalue weighted by molar-refractivity contribution is 1.23. The monoisotopic (exact) mass is 136 g/mol. The molecule has 0 atom stereocenters. The highest BCUT2D eigenvalue weighted by Gasteiger charge is 1.89. The molecule has 1 N–H and O–H groups in total. The Morgan fingerprint density at radius 3 is 3.10 bits per heavy atom. The fourth-order valence-corrected chi connectivity index (χ4v) is 0.675. The molecule has 10 heavy (non-hydrogen) atoms. The quantitative estimate of drug-likeness (QED) is 0.559. The van der Waals surface area contributed by atoms with Crippen molar-refractivity contribution < 1.29 is 0 Å². The van der Waals surface area contributed by atoms with Crippen molar-refractivity contribution in [2.75, 3.05) is 7.05 Å². The lowest BCUT2D eigenvalue weighted by atomic mass is 10.3. The third kappa shape index (κ3) is 1.31. The van der Waals surface area contributed by atoms with Crippen LogP contribution in [-0.4, -0.2) is 18.2 Å². The first-order valence-corrected chi connectivity index (χ1v) is 2.94.